The molecule has 1 heterocycles. The lowest BCUT2D eigenvalue weighted by atomic mass is 10.1. The monoisotopic (exact) mass is 274 g/mol. The van der Waals surface area contributed by atoms with Gasteiger partial charge in [-0.2, -0.15) is 0 Å². The van der Waals surface area contributed by atoms with Crippen molar-refractivity contribution in [3.05, 3.63) is 59.0 Å². The number of rotatable bonds is 5. The van der Waals surface area contributed by atoms with Gasteiger partial charge in [0.15, 0.2) is 5.76 Å². The Labute approximate surface area is 115 Å². The van der Waals surface area contributed by atoms with Gasteiger partial charge in [0.2, 0.25) is 0 Å². The van der Waals surface area contributed by atoms with Crippen LogP contribution in [0.15, 0.2) is 40.8 Å². The van der Waals surface area contributed by atoms with Crippen molar-refractivity contribution in [3.8, 4) is 0 Å². The second-order valence-electron chi connectivity index (χ2n) is 4.15. The highest BCUT2D eigenvalue weighted by Crippen LogP contribution is 2.08. The highest BCUT2D eigenvalue weighted by Gasteiger charge is 2.10. The molecule has 1 amide bonds. The number of nitrogens with two attached hydrogens (primary N) is 1. The van der Waals surface area contributed by atoms with Gasteiger partial charge in [0.1, 0.15) is 5.76 Å². The molecule has 20 heavy (non-hydrogen) atoms. The van der Waals surface area contributed by atoms with Gasteiger partial charge in [-0.25, -0.2) is 4.79 Å². The van der Waals surface area contributed by atoms with Crippen LogP contribution in [0.3, 0.4) is 0 Å². The molecular weight excluding hydrogens is 260 g/mol. The molecule has 0 bridgehead atoms. The minimum atomic E-state index is -0.981. The van der Waals surface area contributed by atoms with E-state index in [1.54, 1.807) is 24.3 Å². The SMILES string of the molecule is NCc1ccc(C(=O)NCc2ccc(C(=O)O)cc2)o1. The van der Waals surface area contributed by atoms with Crippen LogP contribution in [0.1, 0.15) is 32.2 Å². The third kappa shape index (κ3) is 3.24. The molecule has 4 N–H and O–H groups in total. The van der Waals surface area contributed by atoms with E-state index in [2.05, 4.69) is 5.32 Å². The van der Waals surface area contributed by atoms with Gasteiger partial charge in [0, 0.05) is 6.54 Å². The first kappa shape index (κ1) is 13.8. The third-order valence-corrected chi connectivity index (χ3v) is 2.74. The summed E-state index contributed by atoms with van der Waals surface area (Å²) >= 11 is 0. The van der Waals surface area contributed by atoms with Crippen LogP contribution >= 0.6 is 0 Å². The van der Waals surface area contributed by atoms with Crippen molar-refractivity contribution < 1.29 is 19.1 Å². The number of nitrogens with one attached hydrogen (secondary N) is 1. The Kier molecular flexibility index (Phi) is 4.17. The Morgan fingerprint density at radius 1 is 1.15 bits per heavy atom. The molecule has 104 valence electrons. The zero-order chi connectivity index (χ0) is 14.5. The number of furan rings is 1. The molecule has 1 aromatic carbocycles. The van der Waals surface area contributed by atoms with Crippen LogP contribution in [-0.2, 0) is 13.1 Å². The van der Waals surface area contributed by atoms with Crippen LogP contribution < -0.4 is 11.1 Å². The average Bonchev–Trinajstić information content (AvgIpc) is 2.94. The molecule has 0 saturated heterocycles. The summed E-state index contributed by atoms with van der Waals surface area (Å²) in [7, 11) is 0. The summed E-state index contributed by atoms with van der Waals surface area (Å²) in [6.45, 7) is 0.529. The van der Waals surface area contributed by atoms with Crippen LogP contribution in [0.4, 0.5) is 0 Å². The van der Waals surface area contributed by atoms with E-state index >= 15 is 0 Å². The van der Waals surface area contributed by atoms with Crippen LogP contribution in [-0.4, -0.2) is 17.0 Å². The standard InChI is InChI=1S/C14H14N2O4/c15-7-11-5-6-12(20-11)13(17)16-8-9-1-3-10(4-2-9)14(18)19/h1-6H,7-8,15H2,(H,16,17)(H,18,19). The molecule has 0 saturated carbocycles. The summed E-state index contributed by atoms with van der Waals surface area (Å²) in [6.07, 6.45) is 0. The van der Waals surface area contributed by atoms with E-state index in [0.29, 0.717) is 5.76 Å². The van der Waals surface area contributed by atoms with Crippen LogP contribution in [0.25, 0.3) is 0 Å². The molecule has 0 aliphatic heterocycles. The topological polar surface area (TPSA) is 106 Å². The number of aromatic carboxylic acids is 1. The second kappa shape index (κ2) is 6.03. The molecule has 2 rings (SSSR count). The maximum atomic E-state index is 11.8. The second-order valence-corrected chi connectivity index (χ2v) is 4.15. The highest BCUT2D eigenvalue weighted by molar-refractivity contribution is 5.91. The normalized spacial score (nSPS) is 10.2. The molecule has 0 atom stereocenters. The van der Waals surface area contributed by atoms with Gasteiger partial charge >= 0.3 is 5.97 Å². The Bertz CT molecular complexity index is 616. The summed E-state index contributed by atoms with van der Waals surface area (Å²) < 4.78 is 5.22. The first-order valence-corrected chi connectivity index (χ1v) is 5.99. The zero-order valence-corrected chi connectivity index (χ0v) is 10.6. The maximum absolute atomic E-state index is 11.8. The molecule has 0 aliphatic rings. The summed E-state index contributed by atoms with van der Waals surface area (Å²) in [5, 5.41) is 11.5. The van der Waals surface area contributed by atoms with Gasteiger partial charge in [0.25, 0.3) is 5.91 Å². The minimum absolute atomic E-state index is 0.201. The fraction of sp³-hybridized carbons (Fsp3) is 0.143. The lowest BCUT2D eigenvalue weighted by Crippen LogP contribution is -2.22. The summed E-state index contributed by atoms with van der Waals surface area (Å²) in [5.74, 6) is -0.578. The first-order valence-electron chi connectivity index (χ1n) is 5.99. The van der Waals surface area contributed by atoms with Crippen molar-refractivity contribution in [2.24, 2.45) is 5.73 Å². The number of benzene rings is 1. The van der Waals surface area contributed by atoms with Gasteiger partial charge in [0.05, 0.1) is 12.1 Å². The predicted octanol–water partition coefficient (Wildman–Crippen LogP) is 1.37. The van der Waals surface area contributed by atoms with Crippen LogP contribution in [0, 0.1) is 0 Å². The molecule has 0 fully saturated rings. The number of hydrogen-bond donors (Lipinski definition) is 3. The van der Waals surface area contributed by atoms with Crippen molar-refractivity contribution in [2.75, 3.05) is 0 Å². The number of amides is 1. The van der Waals surface area contributed by atoms with Gasteiger partial charge in [-0.05, 0) is 29.8 Å². The van der Waals surface area contributed by atoms with Crippen molar-refractivity contribution in [3.63, 3.8) is 0 Å². The Balaban J connectivity index is 1.94. The van der Waals surface area contributed by atoms with E-state index in [9.17, 15) is 9.59 Å². The number of hydrogen-bond acceptors (Lipinski definition) is 4. The van der Waals surface area contributed by atoms with Crippen LogP contribution in [0.5, 0.6) is 0 Å². The number of carbonyl (C=O) groups is 2. The maximum Gasteiger partial charge on any atom is 0.335 e. The summed E-state index contributed by atoms with van der Waals surface area (Å²) in [4.78, 5) is 22.5. The van der Waals surface area contributed by atoms with Gasteiger partial charge in [-0.1, -0.05) is 12.1 Å². The first-order chi connectivity index (χ1) is 9.60. The Morgan fingerprint density at radius 2 is 1.85 bits per heavy atom. The van der Waals surface area contributed by atoms with E-state index in [-0.39, 0.29) is 30.3 Å². The molecule has 2 aromatic rings. The Hall–Kier alpha value is -2.60. The van der Waals surface area contributed by atoms with Crippen molar-refractivity contribution in [2.45, 2.75) is 13.1 Å². The van der Waals surface area contributed by atoms with Crippen LogP contribution in [0.2, 0.25) is 0 Å². The zero-order valence-electron chi connectivity index (χ0n) is 10.6. The quantitative estimate of drug-likeness (QED) is 0.763. The fourth-order valence-electron chi connectivity index (χ4n) is 1.64. The number of carboxylic acids is 1. The highest BCUT2D eigenvalue weighted by atomic mass is 16.4. The molecule has 6 nitrogen and oxygen atoms in total. The molecule has 0 aliphatic carbocycles. The van der Waals surface area contributed by atoms with E-state index in [1.807, 2.05) is 0 Å². The van der Waals surface area contributed by atoms with Crippen molar-refractivity contribution >= 4 is 11.9 Å². The summed E-state index contributed by atoms with van der Waals surface area (Å²) in [6, 6.07) is 9.49. The fourth-order valence-corrected chi connectivity index (χ4v) is 1.64. The number of carbonyl (C=O) groups excluding carboxylic acids is 1. The van der Waals surface area contributed by atoms with Gasteiger partial charge in [-0.3, -0.25) is 4.79 Å². The average molecular weight is 274 g/mol. The lowest BCUT2D eigenvalue weighted by Gasteiger charge is -2.04. The van der Waals surface area contributed by atoms with E-state index in [4.69, 9.17) is 15.3 Å². The summed E-state index contributed by atoms with van der Waals surface area (Å²) in [5.41, 5.74) is 6.40. The van der Waals surface area contributed by atoms with E-state index < -0.39 is 5.97 Å². The van der Waals surface area contributed by atoms with Gasteiger partial charge < -0.3 is 20.6 Å². The van der Waals surface area contributed by atoms with E-state index in [1.165, 1.54) is 12.1 Å². The minimum Gasteiger partial charge on any atom is -0.478 e. The molecule has 0 spiro atoms. The van der Waals surface area contributed by atoms with Gasteiger partial charge in [-0.15, -0.1) is 0 Å². The molecule has 6 heteroatoms. The Morgan fingerprint density at radius 3 is 2.40 bits per heavy atom. The predicted molar refractivity (Wildman–Crippen MR) is 71.2 cm³/mol. The van der Waals surface area contributed by atoms with Crippen molar-refractivity contribution in [1.29, 1.82) is 0 Å². The largest absolute Gasteiger partial charge is 0.478 e. The van der Waals surface area contributed by atoms with E-state index in [0.717, 1.165) is 5.56 Å². The third-order valence-electron chi connectivity index (χ3n) is 2.74. The lowest BCUT2D eigenvalue weighted by molar-refractivity contribution is 0.0696. The molecule has 0 radical (unpaired) electrons. The number of carboxylic acid groups (broad SMARTS) is 1. The molecule has 0 unspecified atom stereocenters. The van der Waals surface area contributed by atoms with Crippen molar-refractivity contribution in [1.82, 2.24) is 5.32 Å². The molecular formula is C14H14N2O4. The smallest absolute Gasteiger partial charge is 0.335 e. The molecule has 1 aromatic heterocycles.